The molecule has 6 heteroatoms. The van der Waals surface area contributed by atoms with E-state index in [0.717, 1.165) is 19.4 Å². The van der Waals surface area contributed by atoms with Gasteiger partial charge in [0.1, 0.15) is 0 Å². The average Bonchev–Trinajstić information content (AvgIpc) is 2.33. The molecule has 0 saturated heterocycles. The summed E-state index contributed by atoms with van der Waals surface area (Å²) in [6, 6.07) is -0.00153. The average molecular weight is 292 g/mol. The third-order valence-corrected chi connectivity index (χ3v) is 5.43. The van der Waals surface area contributed by atoms with Crippen molar-refractivity contribution in [3.8, 4) is 0 Å². The van der Waals surface area contributed by atoms with Crippen LogP contribution in [0.5, 0.6) is 0 Å². The molecule has 0 radical (unpaired) electrons. The monoisotopic (exact) mass is 292 g/mol. The van der Waals surface area contributed by atoms with Crippen LogP contribution in [0.2, 0.25) is 0 Å². The Labute approximate surface area is 117 Å². The van der Waals surface area contributed by atoms with Crippen molar-refractivity contribution in [3.05, 3.63) is 0 Å². The normalized spacial score (nSPS) is 26.1. The summed E-state index contributed by atoms with van der Waals surface area (Å²) >= 11 is 0. The predicted molar refractivity (Wildman–Crippen MR) is 77.7 cm³/mol. The largest absolute Gasteiger partial charge is 0.378 e. The lowest BCUT2D eigenvalue weighted by Crippen LogP contribution is -2.62. The molecule has 0 heterocycles. The van der Waals surface area contributed by atoms with Crippen LogP contribution in [-0.2, 0) is 14.8 Å². The summed E-state index contributed by atoms with van der Waals surface area (Å²) in [5.41, 5.74) is -0.117. The molecule has 2 unspecified atom stereocenters. The van der Waals surface area contributed by atoms with Crippen molar-refractivity contribution in [2.75, 3.05) is 26.0 Å². The standard InChI is InChI=1S/C13H28N2O3S/c1-5-18-12-10-11(13(12,2)3)15-19(16,17)9-7-6-8-14-4/h11-12,14-15H,5-10H2,1-4H3. The van der Waals surface area contributed by atoms with E-state index < -0.39 is 10.0 Å². The molecule has 114 valence electrons. The molecular formula is C13H28N2O3S. The highest BCUT2D eigenvalue weighted by Gasteiger charge is 2.50. The van der Waals surface area contributed by atoms with E-state index >= 15 is 0 Å². The van der Waals surface area contributed by atoms with E-state index in [2.05, 4.69) is 23.9 Å². The topological polar surface area (TPSA) is 67.4 Å². The van der Waals surface area contributed by atoms with E-state index in [1.807, 2.05) is 14.0 Å². The molecule has 1 fully saturated rings. The van der Waals surface area contributed by atoms with Crippen LogP contribution in [0.25, 0.3) is 0 Å². The fraction of sp³-hybridized carbons (Fsp3) is 1.00. The number of nitrogens with one attached hydrogen (secondary N) is 2. The summed E-state index contributed by atoms with van der Waals surface area (Å²) in [5, 5.41) is 3.02. The first-order chi connectivity index (χ1) is 8.83. The molecule has 2 atom stereocenters. The van der Waals surface area contributed by atoms with Crippen molar-refractivity contribution in [1.82, 2.24) is 10.0 Å². The molecule has 0 spiro atoms. The molecule has 0 aliphatic heterocycles. The molecule has 1 aliphatic rings. The van der Waals surface area contributed by atoms with Gasteiger partial charge in [-0.3, -0.25) is 0 Å². The van der Waals surface area contributed by atoms with Crippen molar-refractivity contribution in [2.45, 2.75) is 52.2 Å². The maximum absolute atomic E-state index is 12.0. The molecule has 5 nitrogen and oxygen atoms in total. The van der Waals surface area contributed by atoms with Crippen molar-refractivity contribution in [3.63, 3.8) is 0 Å². The first-order valence-corrected chi connectivity index (χ1v) is 8.75. The highest BCUT2D eigenvalue weighted by molar-refractivity contribution is 7.89. The van der Waals surface area contributed by atoms with Gasteiger partial charge in [0.2, 0.25) is 10.0 Å². The molecule has 2 N–H and O–H groups in total. The van der Waals surface area contributed by atoms with Gasteiger partial charge in [-0.25, -0.2) is 13.1 Å². The molecule has 1 saturated carbocycles. The van der Waals surface area contributed by atoms with Gasteiger partial charge in [0.25, 0.3) is 0 Å². The number of unbranched alkanes of at least 4 members (excludes halogenated alkanes) is 1. The second-order valence-electron chi connectivity index (χ2n) is 5.80. The lowest BCUT2D eigenvalue weighted by molar-refractivity contribution is -0.108. The highest BCUT2D eigenvalue weighted by Crippen LogP contribution is 2.43. The summed E-state index contributed by atoms with van der Waals surface area (Å²) in [6.07, 6.45) is 2.51. The van der Waals surface area contributed by atoms with Gasteiger partial charge in [0.05, 0.1) is 11.9 Å². The van der Waals surface area contributed by atoms with Gasteiger partial charge < -0.3 is 10.1 Å². The molecule has 0 aromatic carbocycles. The van der Waals surface area contributed by atoms with Gasteiger partial charge in [-0.1, -0.05) is 13.8 Å². The molecule has 0 bridgehead atoms. The molecule has 19 heavy (non-hydrogen) atoms. The van der Waals surface area contributed by atoms with E-state index in [9.17, 15) is 8.42 Å². The Morgan fingerprint density at radius 1 is 1.32 bits per heavy atom. The smallest absolute Gasteiger partial charge is 0.211 e. The fourth-order valence-corrected chi connectivity index (χ4v) is 3.97. The van der Waals surface area contributed by atoms with Crippen LogP contribution < -0.4 is 10.0 Å². The first kappa shape index (κ1) is 16.9. The quantitative estimate of drug-likeness (QED) is 0.625. The van der Waals surface area contributed by atoms with E-state index in [-0.39, 0.29) is 23.3 Å². The van der Waals surface area contributed by atoms with Crippen LogP contribution in [0, 0.1) is 5.41 Å². The first-order valence-electron chi connectivity index (χ1n) is 7.09. The second-order valence-corrected chi connectivity index (χ2v) is 7.67. The third kappa shape index (κ3) is 4.70. The van der Waals surface area contributed by atoms with Gasteiger partial charge in [-0.15, -0.1) is 0 Å². The summed E-state index contributed by atoms with van der Waals surface area (Å²) in [4.78, 5) is 0. The van der Waals surface area contributed by atoms with Gasteiger partial charge >= 0.3 is 0 Å². The molecule has 1 aliphatic carbocycles. The van der Waals surface area contributed by atoms with Crippen LogP contribution in [0.4, 0.5) is 0 Å². The Bertz CT molecular complexity index is 368. The van der Waals surface area contributed by atoms with E-state index in [1.54, 1.807) is 0 Å². The van der Waals surface area contributed by atoms with Crippen LogP contribution in [0.15, 0.2) is 0 Å². The molecule has 0 aromatic heterocycles. The zero-order valence-corrected chi connectivity index (χ0v) is 13.3. The van der Waals surface area contributed by atoms with Crippen molar-refractivity contribution in [1.29, 1.82) is 0 Å². The van der Waals surface area contributed by atoms with Gasteiger partial charge in [0.15, 0.2) is 0 Å². The maximum Gasteiger partial charge on any atom is 0.211 e. The molecular weight excluding hydrogens is 264 g/mol. The van der Waals surface area contributed by atoms with Gasteiger partial charge in [-0.05, 0) is 39.8 Å². The molecule has 0 amide bonds. The summed E-state index contributed by atoms with van der Waals surface area (Å²) < 4.78 is 32.4. The minimum Gasteiger partial charge on any atom is -0.378 e. The van der Waals surface area contributed by atoms with Crippen molar-refractivity contribution >= 4 is 10.0 Å². The Morgan fingerprint density at radius 2 is 2.00 bits per heavy atom. The van der Waals surface area contributed by atoms with Crippen molar-refractivity contribution in [2.24, 2.45) is 5.41 Å². The van der Waals surface area contributed by atoms with Crippen molar-refractivity contribution < 1.29 is 13.2 Å². The second kappa shape index (κ2) is 7.02. The predicted octanol–water partition coefficient (Wildman–Crippen LogP) is 1.11. The number of rotatable bonds is 9. The Balaban J connectivity index is 2.39. The SMILES string of the molecule is CCOC1CC(NS(=O)(=O)CCCCNC)C1(C)C. The number of sulfonamides is 1. The Morgan fingerprint density at radius 3 is 2.53 bits per heavy atom. The van der Waals surface area contributed by atoms with Crippen LogP contribution in [0.1, 0.15) is 40.0 Å². The van der Waals surface area contributed by atoms with E-state index in [4.69, 9.17) is 4.74 Å². The van der Waals surface area contributed by atoms with E-state index in [1.165, 1.54) is 0 Å². The zero-order valence-electron chi connectivity index (χ0n) is 12.5. The van der Waals surface area contributed by atoms with Crippen LogP contribution >= 0.6 is 0 Å². The maximum atomic E-state index is 12.0. The third-order valence-electron chi connectivity index (χ3n) is 3.96. The molecule has 1 rings (SSSR count). The lowest BCUT2D eigenvalue weighted by atomic mass is 9.65. The minimum absolute atomic E-state index is 0.00153. The van der Waals surface area contributed by atoms with Gasteiger partial charge in [-0.2, -0.15) is 0 Å². The van der Waals surface area contributed by atoms with Crippen LogP contribution in [0.3, 0.4) is 0 Å². The zero-order chi connectivity index (χ0) is 14.5. The fourth-order valence-electron chi connectivity index (χ4n) is 2.44. The minimum atomic E-state index is -3.16. The van der Waals surface area contributed by atoms with Crippen LogP contribution in [-0.4, -0.2) is 46.5 Å². The van der Waals surface area contributed by atoms with Gasteiger partial charge in [0, 0.05) is 18.1 Å². The number of hydrogen-bond donors (Lipinski definition) is 2. The summed E-state index contributed by atoms with van der Waals surface area (Å²) in [5.74, 6) is 0.209. The number of hydrogen-bond acceptors (Lipinski definition) is 4. The summed E-state index contributed by atoms with van der Waals surface area (Å²) in [7, 11) is -1.29. The number of ether oxygens (including phenoxy) is 1. The Hall–Kier alpha value is -0.170. The Kier molecular flexibility index (Phi) is 6.23. The lowest BCUT2D eigenvalue weighted by Gasteiger charge is -2.51. The summed E-state index contributed by atoms with van der Waals surface area (Å²) in [6.45, 7) is 7.62. The highest BCUT2D eigenvalue weighted by atomic mass is 32.2. The molecule has 0 aromatic rings. The van der Waals surface area contributed by atoms with E-state index in [0.29, 0.717) is 13.0 Å².